The average Bonchev–Trinajstić information content (AvgIpc) is 1.75. The molecule has 1 saturated heterocycles. The molecule has 1 aliphatic heterocycles. The van der Waals surface area contributed by atoms with Crippen LogP contribution in [0.4, 0.5) is 0 Å². The molecule has 0 spiro atoms. The Morgan fingerprint density at radius 1 is 1.38 bits per heavy atom. The first-order valence-corrected chi connectivity index (χ1v) is 2.19. The van der Waals surface area contributed by atoms with Gasteiger partial charge in [0.05, 0.1) is 0 Å². The zero-order valence-electron chi connectivity index (χ0n) is 5.90. The summed E-state index contributed by atoms with van der Waals surface area (Å²) in [7, 11) is 0. The summed E-state index contributed by atoms with van der Waals surface area (Å²) in [6, 6.07) is 0. The molecule has 0 amide bonds. The van der Waals surface area contributed by atoms with Crippen molar-refractivity contribution >= 4 is 11.8 Å². The van der Waals surface area contributed by atoms with Gasteiger partial charge in [-0.2, -0.15) is 0 Å². The van der Waals surface area contributed by atoms with Crippen LogP contribution in [0.15, 0.2) is 11.5 Å². The summed E-state index contributed by atoms with van der Waals surface area (Å²) in [6.07, 6.45) is 0. The molecule has 46 valence electrons. The zero-order valence-corrected chi connectivity index (χ0v) is 9.84. The third-order valence-corrected chi connectivity index (χ3v) is 1.05. The minimum absolute atomic E-state index is 0. The van der Waals surface area contributed by atoms with Gasteiger partial charge in [-0.05, 0) is 4.91 Å². The molecule has 0 aromatic heterocycles. The van der Waals surface area contributed by atoms with Gasteiger partial charge in [0.2, 0.25) is 0 Å². The van der Waals surface area contributed by atoms with Crippen molar-refractivity contribution in [2.45, 2.75) is 0 Å². The number of hydrogen-bond donors (Lipinski definition) is 0. The first-order valence-electron chi connectivity index (χ1n) is 1.20. The minimum atomic E-state index is 0. The molecule has 1 rings (SSSR count). The quantitative estimate of drug-likeness (QED) is 0.274. The monoisotopic (exact) mass is 157 g/mol. The van der Waals surface area contributed by atoms with Gasteiger partial charge < -0.3 is 21.0 Å². The van der Waals surface area contributed by atoms with Crippen molar-refractivity contribution in [1.82, 2.24) is 0 Å². The molecule has 3 heteroatoms. The van der Waals surface area contributed by atoms with E-state index >= 15 is 0 Å². The van der Waals surface area contributed by atoms with E-state index in [1.54, 1.807) is 0 Å². The molecule has 1 aliphatic rings. The van der Waals surface area contributed by atoms with Crippen LogP contribution in [0, 0.1) is 14.9 Å². The van der Waals surface area contributed by atoms with Gasteiger partial charge in [-0.3, -0.25) is 0 Å². The summed E-state index contributed by atoms with van der Waals surface area (Å²) in [6.45, 7) is 3.63. The normalized spacial score (nSPS) is 10.8. The standard InChI is InChI=1S/C3H4S.2CH3.K.H2N/c1-3-2-4-3;;;;/h1-2H2;2*1H3;;1H2/q;2*-1;+1;-1. The van der Waals surface area contributed by atoms with Gasteiger partial charge in [0.25, 0.3) is 0 Å². The van der Waals surface area contributed by atoms with E-state index in [0.717, 1.165) is 0 Å². The number of thioether (sulfide) groups is 1. The topological polar surface area (TPSA) is 33.5 Å². The van der Waals surface area contributed by atoms with Crippen molar-refractivity contribution in [1.29, 1.82) is 0 Å². The number of rotatable bonds is 0. The molecule has 0 saturated carbocycles. The Bertz CT molecular complexity index is 50.4. The second kappa shape index (κ2) is 11.5. The van der Waals surface area contributed by atoms with E-state index in [-0.39, 0.29) is 72.4 Å². The van der Waals surface area contributed by atoms with Gasteiger partial charge in [-0.15, -0.1) is 11.8 Å². The second-order valence-corrected chi connectivity index (χ2v) is 1.98. The Morgan fingerprint density at radius 3 is 1.50 bits per heavy atom. The molecule has 1 heterocycles. The van der Waals surface area contributed by atoms with Crippen LogP contribution in [0.1, 0.15) is 0 Å². The fourth-order valence-electron chi connectivity index (χ4n) is 0.0510. The molecule has 0 aromatic carbocycles. The smallest absolute Gasteiger partial charge is 0.693 e. The summed E-state index contributed by atoms with van der Waals surface area (Å²) in [4.78, 5) is 1.33. The van der Waals surface area contributed by atoms with E-state index in [4.69, 9.17) is 0 Å². The molecular weight excluding hydrogens is 145 g/mol. The zero-order chi connectivity index (χ0) is 2.99. The van der Waals surface area contributed by atoms with Crippen LogP contribution < -0.4 is 51.4 Å². The second-order valence-electron chi connectivity index (χ2n) is 0.827. The van der Waals surface area contributed by atoms with Crippen molar-refractivity contribution in [3.63, 3.8) is 0 Å². The van der Waals surface area contributed by atoms with E-state index in [0.29, 0.717) is 0 Å². The van der Waals surface area contributed by atoms with E-state index in [9.17, 15) is 0 Å². The third kappa shape index (κ3) is 15.6. The molecule has 0 atom stereocenters. The van der Waals surface area contributed by atoms with Gasteiger partial charge in [0, 0.05) is 5.75 Å². The fourth-order valence-corrected chi connectivity index (χ4v) is 0.153. The van der Waals surface area contributed by atoms with Gasteiger partial charge >= 0.3 is 51.4 Å². The van der Waals surface area contributed by atoms with Gasteiger partial charge in [0.15, 0.2) is 0 Å². The first-order chi connectivity index (χ1) is 1.89. The maximum Gasteiger partial charge on any atom is 1.00 e. The number of hydrogen-bond acceptors (Lipinski definition) is 1. The summed E-state index contributed by atoms with van der Waals surface area (Å²) >= 11 is 1.83. The van der Waals surface area contributed by atoms with Crippen LogP contribution in [0.25, 0.3) is 6.15 Å². The van der Waals surface area contributed by atoms with Crippen molar-refractivity contribution < 1.29 is 51.4 Å². The van der Waals surface area contributed by atoms with E-state index in [1.807, 2.05) is 11.8 Å². The largest absolute Gasteiger partial charge is 1.00 e. The van der Waals surface area contributed by atoms with Crippen LogP contribution in [-0.4, -0.2) is 5.75 Å². The summed E-state index contributed by atoms with van der Waals surface area (Å²) < 4.78 is 0. The molecule has 0 aliphatic carbocycles. The molecule has 8 heavy (non-hydrogen) atoms. The van der Waals surface area contributed by atoms with Crippen LogP contribution in [0.5, 0.6) is 0 Å². The molecular formula is C5H12KNS-2. The molecule has 1 nitrogen and oxygen atoms in total. The molecule has 0 bridgehead atoms. The van der Waals surface area contributed by atoms with Crippen molar-refractivity contribution in [3.8, 4) is 0 Å². The Hall–Kier alpha value is 1.69. The van der Waals surface area contributed by atoms with E-state index in [1.165, 1.54) is 10.7 Å². The van der Waals surface area contributed by atoms with Crippen LogP contribution in [0.2, 0.25) is 0 Å². The first kappa shape index (κ1) is 22.6. The fraction of sp³-hybridized carbons (Fsp3) is 0.200. The molecule has 0 aromatic rings. The summed E-state index contributed by atoms with van der Waals surface area (Å²) in [5.74, 6) is 1.21. The maximum absolute atomic E-state index is 3.63. The predicted molar refractivity (Wildman–Crippen MR) is 39.7 cm³/mol. The van der Waals surface area contributed by atoms with Crippen LogP contribution in [-0.2, 0) is 0 Å². The molecule has 2 N–H and O–H groups in total. The van der Waals surface area contributed by atoms with Crippen molar-refractivity contribution in [3.05, 3.63) is 32.5 Å². The Morgan fingerprint density at radius 2 is 1.50 bits per heavy atom. The van der Waals surface area contributed by atoms with Gasteiger partial charge in [-0.25, -0.2) is 0 Å². The SMILES string of the molecule is C=C1CS1.[CH3-].[CH3-].[K+].[NH2-]. The van der Waals surface area contributed by atoms with E-state index < -0.39 is 0 Å². The Labute approximate surface area is 99.7 Å². The summed E-state index contributed by atoms with van der Waals surface area (Å²) in [5, 5.41) is 0. The van der Waals surface area contributed by atoms with Crippen molar-refractivity contribution in [2.75, 3.05) is 5.75 Å². The van der Waals surface area contributed by atoms with Gasteiger partial charge in [-0.1, -0.05) is 6.58 Å². The average molecular weight is 157 g/mol. The minimum Gasteiger partial charge on any atom is -0.693 e. The van der Waals surface area contributed by atoms with Crippen LogP contribution >= 0.6 is 11.8 Å². The Balaban J connectivity index is -0.0000000200. The molecule has 0 radical (unpaired) electrons. The molecule has 1 fully saturated rings. The maximum atomic E-state index is 3.63. The van der Waals surface area contributed by atoms with Crippen LogP contribution in [0.3, 0.4) is 0 Å². The number of nitrogens with two attached hydrogens (primary N) is 1. The third-order valence-electron chi connectivity index (χ3n) is 0.348. The molecule has 0 unspecified atom stereocenters. The van der Waals surface area contributed by atoms with Crippen molar-refractivity contribution in [2.24, 2.45) is 0 Å². The predicted octanol–water partition coefficient (Wildman–Crippen LogP) is -0.131. The van der Waals surface area contributed by atoms with Gasteiger partial charge in [0.1, 0.15) is 0 Å². The van der Waals surface area contributed by atoms with E-state index in [2.05, 4.69) is 6.58 Å². The summed E-state index contributed by atoms with van der Waals surface area (Å²) in [5.41, 5.74) is 0. The Kier molecular flexibility index (Phi) is 32.4.